The second-order valence-electron chi connectivity index (χ2n) is 6.17. The zero-order chi connectivity index (χ0) is 19.1. The van der Waals surface area contributed by atoms with Crippen LogP contribution in [0.1, 0.15) is 17.0 Å². The predicted molar refractivity (Wildman–Crippen MR) is 101 cm³/mol. The van der Waals surface area contributed by atoms with Crippen LogP contribution < -0.4 is 0 Å². The minimum absolute atomic E-state index is 0.0367. The molecule has 7 heteroatoms. The van der Waals surface area contributed by atoms with Gasteiger partial charge in [0.15, 0.2) is 0 Å². The van der Waals surface area contributed by atoms with Crippen LogP contribution in [0.15, 0.2) is 67.0 Å². The van der Waals surface area contributed by atoms with Crippen molar-refractivity contribution in [1.29, 1.82) is 0 Å². The van der Waals surface area contributed by atoms with Crippen LogP contribution in [0, 0.1) is 10.1 Å². The maximum Gasteiger partial charge on any atom is 0.270 e. The molecule has 0 aliphatic carbocycles. The highest BCUT2D eigenvalue weighted by atomic mass is 16.6. The summed E-state index contributed by atoms with van der Waals surface area (Å²) in [6.45, 7) is 1.61. The molecule has 0 bridgehead atoms. The van der Waals surface area contributed by atoms with Gasteiger partial charge in [-0.05, 0) is 30.3 Å². The van der Waals surface area contributed by atoms with Crippen LogP contribution in [0.25, 0.3) is 0 Å². The smallest absolute Gasteiger partial charge is 0.270 e. The lowest BCUT2D eigenvalue weighted by atomic mass is 10.1. The third-order valence-electron chi connectivity index (χ3n) is 4.19. The molecule has 3 rings (SSSR count). The number of aromatic nitrogens is 2. The lowest BCUT2D eigenvalue weighted by Gasteiger charge is -2.22. The number of nitro groups is 1. The van der Waals surface area contributed by atoms with Gasteiger partial charge in [0.2, 0.25) is 0 Å². The Labute approximate surface area is 157 Å². The first-order valence-corrected chi connectivity index (χ1v) is 8.60. The van der Waals surface area contributed by atoms with Crippen LogP contribution in [0.5, 0.6) is 5.75 Å². The van der Waals surface area contributed by atoms with Gasteiger partial charge < -0.3 is 5.11 Å². The SMILES string of the molecule is O=[N+]([O-])c1ccc(O)c(CN(CCc2ccccn2)Cc2ccccn2)c1. The van der Waals surface area contributed by atoms with E-state index in [9.17, 15) is 15.2 Å². The number of hydrogen-bond acceptors (Lipinski definition) is 6. The second kappa shape index (κ2) is 8.86. The average Bonchev–Trinajstić information content (AvgIpc) is 2.69. The van der Waals surface area contributed by atoms with Crippen LogP contribution in [0.4, 0.5) is 5.69 Å². The summed E-state index contributed by atoms with van der Waals surface area (Å²) < 4.78 is 0. The standard InChI is InChI=1S/C20H20N4O3/c25-20-8-7-19(24(26)27)13-16(20)14-23(15-18-6-2-4-11-22-18)12-9-17-5-1-3-10-21-17/h1-8,10-11,13,25H,9,12,14-15H2. The molecule has 0 saturated carbocycles. The second-order valence-corrected chi connectivity index (χ2v) is 6.17. The maximum atomic E-state index is 11.0. The lowest BCUT2D eigenvalue weighted by molar-refractivity contribution is -0.385. The maximum absolute atomic E-state index is 11.0. The Morgan fingerprint density at radius 2 is 1.67 bits per heavy atom. The van der Waals surface area contributed by atoms with E-state index in [4.69, 9.17) is 0 Å². The molecular formula is C20H20N4O3. The molecule has 0 amide bonds. The largest absolute Gasteiger partial charge is 0.508 e. The van der Waals surface area contributed by atoms with E-state index in [1.165, 1.54) is 18.2 Å². The number of phenolic OH excluding ortho intramolecular Hbond substituents is 1. The number of phenols is 1. The lowest BCUT2D eigenvalue weighted by Crippen LogP contribution is -2.26. The van der Waals surface area contributed by atoms with Crippen LogP contribution in [0.3, 0.4) is 0 Å². The predicted octanol–water partition coefficient (Wildman–Crippen LogP) is 3.34. The summed E-state index contributed by atoms with van der Waals surface area (Å²) in [5.74, 6) is 0.0458. The minimum atomic E-state index is -0.458. The topological polar surface area (TPSA) is 92.4 Å². The van der Waals surface area contributed by atoms with Crippen molar-refractivity contribution in [2.45, 2.75) is 19.5 Å². The van der Waals surface area contributed by atoms with Gasteiger partial charge in [-0.15, -0.1) is 0 Å². The van der Waals surface area contributed by atoms with Crippen LogP contribution in [-0.2, 0) is 19.5 Å². The Morgan fingerprint density at radius 3 is 2.30 bits per heavy atom. The molecule has 138 valence electrons. The normalized spacial score (nSPS) is 10.9. The zero-order valence-corrected chi connectivity index (χ0v) is 14.7. The van der Waals surface area contributed by atoms with Crippen molar-refractivity contribution in [3.63, 3.8) is 0 Å². The minimum Gasteiger partial charge on any atom is -0.508 e. The molecule has 2 heterocycles. The van der Waals surface area contributed by atoms with Gasteiger partial charge in [-0.1, -0.05) is 12.1 Å². The number of nitro benzene ring substituents is 1. The summed E-state index contributed by atoms with van der Waals surface area (Å²) in [6.07, 6.45) is 4.21. The van der Waals surface area contributed by atoms with E-state index >= 15 is 0 Å². The fourth-order valence-corrected chi connectivity index (χ4v) is 2.81. The van der Waals surface area contributed by atoms with Gasteiger partial charge in [-0.3, -0.25) is 25.0 Å². The summed E-state index contributed by atoms with van der Waals surface area (Å²) in [6, 6.07) is 15.6. The molecule has 0 fully saturated rings. The van der Waals surface area contributed by atoms with Gasteiger partial charge in [0.25, 0.3) is 5.69 Å². The van der Waals surface area contributed by atoms with E-state index in [-0.39, 0.29) is 11.4 Å². The van der Waals surface area contributed by atoms with E-state index < -0.39 is 4.92 Å². The Bertz CT molecular complexity index is 888. The molecule has 0 unspecified atom stereocenters. The molecule has 0 spiro atoms. The monoisotopic (exact) mass is 364 g/mol. The number of aromatic hydroxyl groups is 1. The van der Waals surface area contributed by atoms with E-state index in [0.29, 0.717) is 25.2 Å². The van der Waals surface area contributed by atoms with Gasteiger partial charge in [-0.25, -0.2) is 0 Å². The molecular weight excluding hydrogens is 344 g/mol. The van der Waals surface area contributed by atoms with Crippen molar-refractivity contribution in [2.24, 2.45) is 0 Å². The van der Waals surface area contributed by atoms with Crippen molar-refractivity contribution in [1.82, 2.24) is 14.9 Å². The van der Waals surface area contributed by atoms with Gasteiger partial charge in [0.05, 0.1) is 10.6 Å². The molecule has 0 saturated heterocycles. The number of rotatable bonds is 8. The quantitative estimate of drug-likeness (QED) is 0.487. The summed E-state index contributed by atoms with van der Waals surface area (Å²) in [5.41, 5.74) is 2.33. The van der Waals surface area contributed by atoms with Crippen molar-refractivity contribution in [3.05, 3.63) is 94.1 Å². The number of hydrogen-bond donors (Lipinski definition) is 1. The number of pyridine rings is 2. The van der Waals surface area contributed by atoms with Gasteiger partial charge >= 0.3 is 0 Å². The number of benzene rings is 1. The third kappa shape index (κ3) is 5.32. The highest BCUT2D eigenvalue weighted by Gasteiger charge is 2.15. The van der Waals surface area contributed by atoms with Crippen molar-refractivity contribution >= 4 is 5.69 Å². The average molecular weight is 364 g/mol. The third-order valence-corrected chi connectivity index (χ3v) is 4.19. The van der Waals surface area contributed by atoms with Gasteiger partial charge in [-0.2, -0.15) is 0 Å². The first-order chi connectivity index (χ1) is 13.1. The fraction of sp³-hybridized carbons (Fsp3) is 0.200. The summed E-state index contributed by atoms with van der Waals surface area (Å²) in [4.78, 5) is 21.4. The first kappa shape index (κ1) is 18.5. The van der Waals surface area contributed by atoms with Crippen molar-refractivity contribution in [3.8, 4) is 5.75 Å². The molecule has 0 aliphatic rings. The molecule has 3 aromatic rings. The molecule has 27 heavy (non-hydrogen) atoms. The fourth-order valence-electron chi connectivity index (χ4n) is 2.81. The molecule has 2 aromatic heterocycles. The summed E-state index contributed by atoms with van der Waals surface area (Å²) in [7, 11) is 0. The van der Waals surface area contributed by atoms with Gasteiger partial charge in [0, 0.05) is 61.8 Å². The van der Waals surface area contributed by atoms with Crippen LogP contribution in [0.2, 0.25) is 0 Å². The first-order valence-electron chi connectivity index (χ1n) is 8.60. The van der Waals surface area contributed by atoms with E-state index in [1.54, 1.807) is 12.4 Å². The van der Waals surface area contributed by atoms with E-state index in [2.05, 4.69) is 14.9 Å². The van der Waals surface area contributed by atoms with Crippen LogP contribution in [-0.4, -0.2) is 31.4 Å². The Kier molecular flexibility index (Phi) is 6.06. The molecule has 0 atom stereocenters. The van der Waals surface area contributed by atoms with Crippen molar-refractivity contribution in [2.75, 3.05) is 6.54 Å². The highest BCUT2D eigenvalue weighted by molar-refractivity contribution is 5.43. The van der Waals surface area contributed by atoms with E-state index in [1.807, 2.05) is 36.4 Å². The highest BCUT2D eigenvalue weighted by Crippen LogP contribution is 2.25. The molecule has 0 radical (unpaired) electrons. The molecule has 0 aliphatic heterocycles. The molecule has 1 aromatic carbocycles. The van der Waals surface area contributed by atoms with Gasteiger partial charge in [0.1, 0.15) is 5.75 Å². The Balaban J connectivity index is 1.78. The molecule has 7 nitrogen and oxygen atoms in total. The zero-order valence-electron chi connectivity index (χ0n) is 14.7. The molecule has 1 N–H and O–H groups in total. The Hall–Kier alpha value is -3.32. The van der Waals surface area contributed by atoms with Crippen molar-refractivity contribution < 1.29 is 10.0 Å². The number of nitrogens with zero attached hydrogens (tertiary/aromatic N) is 4. The van der Waals surface area contributed by atoms with E-state index in [0.717, 1.165) is 17.8 Å². The number of non-ortho nitro benzene ring substituents is 1. The van der Waals surface area contributed by atoms with Crippen LogP contribution >= 0.6 is 0 Å². The summed E-state index contributed by atoms with van der Waals surface area (Å²) in [5, 5.41) is 21.2. The Morgan fingerprint density at radius 1 is 0.963 bits per heavy atom. The summed E-state index contributed by atoms with van der Waals surface area (Å²) >= 11 is 0.